The summed E-state index contributed by atoms with van der Waals surface area (Å²) in [6.07, 6.45) is 0.169. The van der Waals surface area contributed by atoms with Crippen molar-refractivity contribution in [2.24, 2.45) is 5.92 Å². The number of rotatable bonds is 3. The second kappa shape index (κ2) is 6.60. The Bertz CT molecular complexity index is 729. The first kappa shape index (κ1) is 15.8. The van der Waals surface area contributed by atoms with Gasteiger partial charge in [-0.1, -0.05) is 41.4 Å². The summed E-state index contributed by atoms with van der Waals surface area (Å²) in [6, 6.07) is 14.1. The molecule has 1 atom stereocenters. The molecule has 0 spiro atoms. The van der Waals surface area contributed by atoms with E-state index < -0.39 is 5.92 Å². The number of anilines is 2. The zero-order valence-corrected chi connectivity index (χ0v) is 13.6. The van der Waals surface area contributed by atoms with Gasteiger partial charge in [0.05, 0.1) is 5.92 Å². The number of benzene rings is 2. The van der Waals surface area contributed by atoms with Crippen molar-refractivity contribution in [2.45, 2.75) is 6.42 Å². The molecular formula is C17H14Cl2N2O2. The van der Waals surface area contributed by atoms with Crippen molar-refractivity contribution in [1.29, 1.82) is 0 Å². The van der Waals surface area contributed by atoms with E-state index in [2.05, 4.69) is 5.32 Å². The van der Waals surface area contributed by atoms with Crippen LogP contribution in [0.3, 0.4) is 0 Å². The quantitative estimate of drug-likeness (QED) is 0.911. The van der Waals surface area contributed by atoms with E-state index in [1.807, 2.05) is 30.3 Å². The molecule has 1 aliphatic heterocycles. The SMILES string of the molecule is O=C(Nc1ccccc1)C1CC(=O)N(c2cc(Cl)cc(Cl)c2)C1. The van der Waals surface area contributed by atoms with E-state index in [0.717, 1.165) is 0 Å². The molecule has 1 aliphatic rings. The molecule has 1 heterocycles. The number of para-hydroxylation sites is 1. The summed E-state index contributed by atoms with van der Waals surface area (Å²) in [5.41, 5.74) is 1.33. The highest BCUT2D eigenvalue weighted by molar-refractivity contribution is 6.35. The van der Waals surface area contributed by atoms with Crippen LogP contribution in [0.2, 0.25) is 10.0 Å². The van der Waals surface area contributed by atoms with Crippen molar-refractivity contribution < 1.29 is 9.59 Å². The summed E-state index contributed by atoms with van der Waals surface area (Å²) in [6.45, 7) is 0.314. The van der Waals surface area contributed by atoms with Crippen molar-refractivity contribution in [1.82, 2.24) is 0 Å². The molecule has 0 aliphatic carbocycles. The van der Waals surface area contributed by atoms with Gasteiger partial charge in [0.25, 0.3) is 0 Å². The van der Waals surface area contributed by atoms with Gasteiger partial charge in [-0.25, -0.2) is 0 Å². The third-order valence-electron chi connectivity index (χ3n) is 3.70. The number of carbonyl (C=O) groups excluding carboxylic acids is 2. The highest BCUT2D eigenvalue weighted by Crippen LogP contribution is 2.30. The number of amides is 2. The van der Waals surface area contributed by atoms with Crippen molar-refractivity contribution >= 4 is 46.4 Å². The lowest BCUT2D eigenvalue weighted by molar-refractivity contribution is -0.122. The van der Waals surface area contributed by atoms with Crippen LogP contribution in [0.4, 0.5) is 11.4 Å². The van der Waals surface area contributed by atoms with Crippen molar-refractivity contribution in [3.8, 4) is 0 Å². The number of carbonyl (C=O) groups is 2. The predicted octanol–water partition coefficient (Wildman–Crippen LogP) is 3.99. The van der Waals surface area contributed by atoms with Gasteiger partial charge in [0, 0.05) is 34.4 Å². The molecule has 1 fully saturated rings. The van der Waals surface area contributed by atoms with Crippen LogP contribution < -0.4 is 10.2 Å². The normalized spacial score (nSPS) is 17.4. The lowest BCUT2D eigenvalue weighted by atomic mass is 10.1. The Kier molecular flexibility index (Phi) is 4.55. The molecule has 1 N–H and O–H groups in total. The molecule has 118 valence electrons. The van der Waals surface area contributed by atoms with E-state index in [9.17, 15) is 9.59 Å². The lowest BCUT2D eigenvalue weighted by Crippen LogP contribution is -2.28. The summed E-state index contributed by atoms with van der Waals surface area (Å²) >= 11 is 12.0. The Morgan fingerprint density at radius 1 is 1.09 bits per heavy atom. The van der Waals surface area contributed by atoms with Crippen LogP contribution in [-0.4, -0.2) is 18.4 Å². The molecule has 0 radical (unpaired) electrons. The molecule has 4 nitrogen and oxygen atoms in total. The maximum Gasteiger partial charge on any atom is 0.229 e. The van der Waals surface area contributed by atoms with E-state index in [1.165, 1.54) is 0 Å². The Hall–Kier alpha value is -2.04. The minimum Gasteiger partial charge on any atom is -0.326 e. The number of nitrogens with one attached hydrogen (secondary N) is 1. The summed E-state index contributed by atoms with van der Waals surface area (Å²) in [4.78, 5) is 26.1. The Morgan fingerprint density at radius 2 is 1.74 bits per heavy atom. The zero-order valence-electron chi connectivity index (χ0n) is 12.1. The topological polar surface area (TPSA) is 49.4 Å². The standard InChI is InChI=1S/C17H14Cl2N2O2/c18-12-7-13(19)9-15(8-12)21-10-11(6-16(21)22)17(23)20-14-4-2-1-3-5-14/h1-5,7-9,11H,6,10H2,(H,20,23). The fourth-order valence-electron chi connectivity index (χ4n) is 2.59. The zero-order chi connectivity index (χ0) is 16.4. The van der Waals surface area contributed by atoms with Gasteiger partial charge in [0.15, 0.2) is 0 Å². The van der Waals surface area contributed by atoms with Gasteiger partial charge in [-0.15, -0.1) is 0 Å². The van der Waals surface area contributed by atoms with E-state index in [4.69, 9.17) is 23.2 Å². The minimum absolute atomic E-state index is 0.114. The van der Waals surface area contributed by atoms with Gasteiger partial charge < -0.3 is 10.2 Å². The first-order valence-corrected chi connectivity index (χ1v) is 7.91. The van der Waals surface area contributed by atoms with Crippen LogP contribution in [0.15, 0.2) is 48.5 Å². The fourth-order valence-corrected chi connectivity index (χ4v) is 3.11. The van der Waals surface area contributed by atoms with Gasteiger partial charge in [-0.2, -0.15) is 0 Å². The molecule has 3 rings (SSSR count). The van der Waals surface area contributed by atoms with Gasteiger partial charge in [-0.3, -0.25) is 9.59 Å². The average Bonchev–Trinajstić information content (AvgIpc) is 2.89. The minimum atomic E-state index is -0.402. The largest absolute Gasteiger partial charge is 0.326 e. The molecule has 1 unspecified atom stereocenters. The van der Waals surface area contributed by atoms with Crippen LogP contribution in [0.1, 0.15) is 6.42 Å². The third-order valence-corrected chi connectivity index (χ3v) is 4.13. The van der Waals surface area contributed by atoms with Gasteiger partial charge in [0.2, 0.25) is 11.8 Å². The number of halogens is 2. The molecule has 0 aromatic heterocycles. The number of nitrogens with zero attached hydrogens (tertiary/aromatic N) is 1. The summed E-state index contributed by atoms with van der Waals surface area (Å²) in [7, 11) is 0. The van der Waals surface area contributed by atoms with E-state index in [1.54, 1.807) is 23.1 Å². The van der Waals surface area contributed by atoms with Crippen molar-refractivity contribution in [2.75, 3.05) is 16.8 Å². The second-order valence-electron chi connectivity index (χ2n) is 5.39. The maximum absolute atomic E-state index is 12.3. The van der Waals surface area contributed by atoms with E-state index >= 15 is 0 Å². The van der Waals surface area contributed by atoms with Crippen LogP contribution >= 0.6 is 23.2 Å². The van der Waals surface area contributed by atoms with Crippen LogP contribution in [0.5, 0.6) is 0 Å². The molecule has 2 aromatic rings. The first-order chi connectivity index (χ1) is 11.0. The Labute approximate surface area is 144 Å². The molecule has 2 amide bonds. The first-order valence-electron chi connectivity index (χ1n) is 7.15. The molecule has 6 heteroatoms. The highest BCUT2D eigenvalue weighted by Gasteiger charge is 2.35. The van der Waals surface area contributed by atoms with Crippen molar-refractivity contribution in [3.63, 3.8) is 0 Å². The molecular weight excluding hydrogens is 335 g/mol. The maximum atomic E-state index is 12.3. The lowest BCUT2D eigenvalue weighted by Gasteiger charge is -2.17. The van der Waals surface area contributed by atoms with E-state index in [-0.39, 0.29) is 18.2 Å². The van der Waals surface area contributed by atoms with Crippen LogP contribution in [0, 0.1) is 5.92 Å². The van der Waals surface area contributed by atoms with Gasteiger partial charge in [0.1, 0.15) is 0 Å². The number of hydrogen-bond acceptors (Lipinski definition) is 2. The molecule has 23 heavy (non-hydrogen) atoms. The highest BCUT2D eigenvalue weighted by atomic mass is 35.5. The summed E-state index contributed by atoms with van der Waals surface area (Å²) in [5, 5.41) is 3.74. The smallest absolute Gasteiger partial charge is 0.229 e. The molecule has 1 saturated heterocycles. The molecule has 0 saturated carbocycles. The van der Waals surface area contributed by atoms with Crippen molar-refractivity contribution in [3.05, 3.63) is 58.6 Å². The molecule has 2 aromatic carbocycles. The Balaban J connectivity index is 1.73. The van der Waals surface area contributed by atoms with Crippen LogP contribution in [0.25, 0.3) is 0 Å². The van der Waals surface area contributed by atoms with E-state index in [0.29, 0.717) is 28.0 Å². The second-order valence-corrected chi connectivity index (χ2v) is 6.26. The average molecular weight is 349 g/mol. The summed E-state index contributed by atoms with van der Waals surface area (Å²) in [5.74, 6) is -0.683. The monoisotopic (exact) mass is 348 g/mol. The Morgan fingerprint density at radius 3 is 2.39 bits per heavy atom. The summed E-state index contributed by atoms with van der Waals surface area (Å²) < 4.78 is 0. The van der Waals surface area contributed by atoms with Gasteiger partial charge in [-0.05, 0) is 30.3 Å². The molecule has 0 bridgehead atoms. The van der Waals surface area contributed by atoms with Gasteiger partial charge >= 0.3 is 0 Å². The fraction of sp³-hybridized carbons (Fsp3) is 0.176. The number of hydrogen-bond donors (Lipinski definition) is 1. The third kappa shape index (κ3) is 3.66. The predicted molar refractivity (Wildman–Crippen MR) is 92.0 cm³/mol. The van der Waals surface area contributed by atoms with Crippen LogP contribution in [-0.2, 0) is 9.59 Å².